The summed E-state index contributed by atoms with van der Waals surface area (Å²) < 4.78 is 0. The Labute approximate surface area is 116 Å². The van der Waals surface area contributed by atoms with Gasteiger partial charge >= 0.3 is 0 Å². The minimum absolute atomic E-state index is 0.489. The molecular formula is C15H26N4. The number of anilines is 1. The summed E-state index contributed by atoms with van der Waals surface area (Å²) in [5.41, 5.74) is 1.15. The fourth-order valence-corrected chi connectivity index (χ4v) is 2.75. The number of nitrogens with one attached hydrogen (secondary N) is 1. The van der Waals surface area contributed by atoms with Gasteiger partial charge in [-0.05, 0) is 18.3 Å². The van der Waals surface area contributed by atoms with Crippen molar-refractivity contribution in [3.8, 4) is 0 Å². The van der Waals surface area contributed by atoms with Gasteiger partial charge in [0, 0.05) is 43.6 Å². The number of hydrogen-bond acceptors (Lipinski definition) is 4. The maximum absolute atomic E-state index is 4.52. The van der Waals surface area contributed by atoms with Crippen molar-refractivity contribution in [3.63, 3.8) is 0 Å². The lowest BCUT2D eigenvalue weighted by molar-refractivity contribution is 0.353. The predicted octanol–water partition coefficient (Wildman–Crippen LogP) is 2.46. The number of piperidine rings is 1. The lowest BCUT2D eigenvalue weighted by atomic mass is 9.92. The molecule has 1 aromatic heterocycles. The van der Waals surface area contributed by atoms with Crippen LogP contribution in [0.1, 0.15) is 39.7 Å². The van der Waals surface area contributed by atoms with Gasteiger partial charge in [0.05, 0.1) is 0 Å². The molecule has 19 heavy (non-hydrogen) atoms. The van der Waals surface area contributed by atoms with E-state index in [0.29, 0.717) is 6.04 Å². The zero-order valence-electron chi connectivity index (χ0n) is 12.6. The Morgan fingerprint density at radius 1 is 1.21 bits per heavy atom. The molecule has 2 heterocycles. The first kappa shape index (κ1) is 14.3. The van der Waals surface area contributed by atoms with Crippen molar-refractivity contribution in [2.45, 2.75) is 46.7 Å². The second-order valence-corrected chi connectivity index (χ2v) is 6.28. The molecule has 0 aliphatic carbocycles. The first-order chi connectivity index (χ1) is 9.04. The topological polar surface area (TPSA) is 41.1 Å². The highest BCUT2D eigenvalue weighted by Crippen LogP contribution is 2.23. The van der Waals surface area contributed by atoms with E-state index in [1.807, 2.05) is 12.4 Å². The van der Waals surface area contributed by atoms with Crippen molar-refractivity contribution in [1.29, 1.82) is 0 Å². The van der Waals surface area contributed by atoms with E-state index in [1.165, 1.54) is 6.42 Å². The van der Waals surface area contributed by atoms with Crippen LogP contribution in [-0.4, -0.2) is 29.1 Å². The molecule has 1 N–H and O–H groups in total. The highest BCUT2D eigenvalue weighted by Gasteiger charge is 2.23. The molecule has 0 saturated carbocycles. The Balaban J connectivity index is 1.97. The van der Waals surface area contributed by atoms with Crippen LogP contribution < -0.4 is 10.2 Å². The summed E-state index contributed by atoms with van der Waals surface area (Å²) in [7, 11) is 0. The number of nitrogens with zero attached hydrogens (tertiary/aromatic N) is 3. The first-order valence-corrected chi connectivity index (χ1v) is 7.34. The van der Waals surface area contributed by atoms with Crippen LogP contribution in [0.25, 0.3) is 0 Å². The molecule has 0 aromatic carbocycles. The van der Waals surface area contributed by atoms with Crippen LogP contribution >= 0.6 is 0 Å². The average molecular weight is 262 g/mol. The van der Waals surface area contributed by atoms with E-state index in [4.69, 9.17) is 0 Å². The van der Waals surface area contributed by atoms with Crippen molar-refractivity contribution in [2.24, 2.45) is 11.8 Å². The van der Waals surface area contributed by atoms with E-state index >= 15 is 0 Å². The molecular weight excluding hydrogens is 236 g/mol. The fraction of sp³-hybridized carbons (Fsp3) is 0.733. The van der Waals surface area contributed by atoms with E-state index in [9.17, 15) is 0 Å². The molecule has 0 radical (unpaired) electrons. The minimum Gasteiger partial charge on any atom is -0.340 e. The van der Waals surface area contributed by atoms with Crippen molar-refractivity contribution >= 4 is 5.95 Å². The minimum atomic E-state index is 0.489. The lowest BCUT2D eigenvalue weighted by Gasteiger charge is -2.34. The second-order valence-electron chi connectivity index (χ2n) is 6.28. The van der Waals surface area contributed by atoms with E-state index < -0.39 is 0 Å². The van der Waals surface area contributed by atoms with Gasteiger partial charge in [-0.3, -0.25) is 0 Å². The summed E-state index contributed by atoms with van der Waals surface area (Å²) >= 11 is 0. The van der Waals surface area contributed by atoms with Gasteiger partial charge < -0.3 is 10.2 Å². The summed E-state index contributed by atoms with van der Waals surface area (Å²) in [5.74, 6) is 2.34. The van der Waals surface area contributed by atoms with Crippen LogP contribution in [0, 0.1) is 11.8 Å². The largest absolute Gasteiger partial charge is 0.340 e. The number of rotatable bonds is 4. The molecule has 1 aliphatic heterocycles. The van der Waals surface area contributed by atoms with E-state index in [2.05, 4.69) is 47.9 Å². The maximum Gasteiger partial charge on any atom is 0.225 e. The molecule has 2 rings (SSSR count). The van der Waals surface area contributed by atoms with E-state index in [1.54, 1.807) is 0 Å². The first-order valence-electron chi connectivity index (χ1n) is 7.34. The Hall–Kier alpha value is -1.16. The van der Waals surface area contributed by atoms with Gasteiger partial charge in [0.1, 0.15) is 0 Å². The molecule has 0 bridgehead atoms. The Morgan fingerprint density at radius 3 is 2.32 bits per heavy atom. The summed E-state index contributed by atoms with van der Waals surface area (Å²) in [6.07, 6.45) is 5.20. The third-order valence-corrected chi connectivity index (χ3v) is 3.56. The van der Waals surface area contributed by atoms with E-state index in [0.717, 1.165) is 43.0 Å². The fourth-order valence-electron chi connectivity index (χ4n) is 2.75. The average Bonchev–Trinajstić information content (AvgIpc) is 2.36. The highest BCUT2D eigenvalue weighted by molar-refractivity contribution is 5.31. The Kier molecular flexibility index (Phi) is 4.75. The van der Waals surface area contributed by atoms with Crippen molar-refractivity contribution in [2.75, 3.05) is 18.0 Å². The molecule has 0 amide bonds. The van der Waals surface area contributed by atoms with Crippen molar-refractivity contribution < 1.29 is 0 Å². The summed E-state index contributed by atoms with van der Waals surface area (Å²) in [6.45, 7) is 11.9. The van der Waals surface area contributed by atoms with Crippen LogP contribution in [0.15, 0.2) is 12.4 Å². The van der Waals surface area contributed by atoms with Gasteiger partial charge in [0.15, 0.2) is 0 Å². The molecule has 4 nitrogen and oxygen atoms in total. The summed E-state index contributed by atoms with van der Waals surface area (Å²) in [4.78, 5) is 11.4. The Morgan fingerprint density at radius 2 is 1.79 bits per heavy atom. The van der Waals surface area contributed by atoms with Crippen LogP contribution in [-0.2, 0) is 6.54 Å². The monoisotopic (exact) mass is 262 g/mol. The zero-order chi connectivity index (χ0) is 13.8. The smallest absolute Gasteiger partial charge is 0.225 e. The van der Waals surface area contributed by atoms with Crippen LogP contribution in [0.4, 0.5) is 5.95 Å². The number of hydrogen-bond donors (Lipinski definition) is 1. The van der Waals surface area contributed by atoms with Crippen LogP contribution in [0.2, 0.25) is 0 Å². The lowest BCUT2D eigenvalue weighted by Crippen LogP contribution is -2.39. The molecule has 4 heteroatoms. The van der Waals surface area contributed by atoms with Gasteiger partial charge in [-0.1, -0.05) is 27.7 Å². The predicted molar refractivity (Wildman–Crippen MR) is 79.2 cm³/mol. The van der Waals surface area contributed by atoms with Crippen molar-refractivity contribution in [3.05, 3.63) is 18.0 Å². The van der Waals surface area contributed by atoms with Gasteiger partial charge in [-0.15, -0.1) is 0 Å². The van der Waals surface area contributed by atoms with E-state index in [-0.39, 0.29) is 0 Å². The summed E-state index contributed by atoms with van der Waals surface area (Å²) in [6, 6.07) is 0.489. The highest BCUT2D eigenvalue weighted by atomic mass is 15.3. The molecule has 2 unspecified atom stereocenters. The normalized spacial score (nSPS) is 23.9. The molecule has 1 aliphatic rings. The quantitative estimate of drug-likeness (QED) is 0.905. The third kappa shape index (κ3) is 4.16. The van der Waals surface area contributed by atoms with Crippen LogP contribution in [0.5, 0.6) is 0 Å². The van der Waals surface area contributed by atoms with Crippen LogP contribution in [0.3, 0.4) is 0 Å². The standard InChI is InChI=1S/C15H26N4/c1-11(2)16-6-14-7-17-15(18-8-14)19-9-12(3)5-13(4)10-19/h7-8,11-13,16H,5-6,9-10H2,1-4H3. The van der Waals surface area contributed by atoms with Gasteiger partial charge in [-0.2, -0.15) is 0 Å². The third-order valence-electron chi connectivity index (χ3n) is 3.56. The van der Waals surface area contributed by atoms with Gasteiger partial charge in [-0.25, -0.2) is 9.97 Å². The molecule has 1 aromatic rings. The number of aromatic nitrogens is 2. The van der Waals surface area contributed by atoms with Crippen molar-refractivity contribution in [1.82, 2.24) is 15.3 Å². The second kappa shape index (κ2) is 6.33. The summed E-state index contributed by atoms with van der Waals surface area (Å²) in [5, 5.41) is 3.38. The SMILES string of the molecule is CC1CC(C)CN(c2ncc(CNC(C)C)cn2)C1. The molecule has 2 atom stereocenters. The zero-order valence-corrected chi connectivity index (χ0v) is 12.6. The maximum atomic E-state index is 4.52. The molecule has 1 fully saturated rings. The molecule has 1 saturated heterocycles. The molecule has 106 valence electrons. The van der Waals surface area contributed by atoms with Gasteiger partial charge in [0.25, 0.3) is 0 Å². The Bertz CT molecular complexity index is 378. The van der Waals surface area contributed by atoms with Gasteiger partial charge in [0.2, 0.25) is 5.95 Å². The molecule has 0 spiro atoms.